The molecule has 0 atom stereocenters. The van der Waals surface area contributed by atoms with Gasteiger partial charge in [-0.05, 0) is 61.0 Å². The summed E-state index contributed by atoms with van der Waals surface area (Å²) in [4.78, 5) is 12.4. The zero-order valence-electron chi connectivity index (χ0n) is 17.8. The Kier molecular flexibility index (Phi) is 7.92. The fourth-order valence-corrected chi connectivity index (χ4v) is 3.97. The van der Waals surface area contributed by atoms with Crippen molar-refractivity contribution in [3.8, 4) is 17.2 Å². The van der Waals surface area contributed by atoms with Crippen molar-refractivity contribution in [2.45, 2.75) is 11.8 Å². The molecule has 0 aliphatic heterocycles. The van der Waals surface area contributed by atoms with Gasteiger partial charge in [-0.3, -0.25) is 4.79 Å². The summed E-state index contributed by atoms with van der Waals surface area (Å²) in [5.41, 5.74) is 3.26. The van der Waals surface area contributed by atoms with Gasteiger partial charge in [0.2, 0.25) is 0 Å². The van der Waals surface area contributed by atoms with E-state index in [2.05, 4.69) is 10.5 Å². The highest BCUT2D eigenvalue weighted by Crippen LogP contribution is 2.29. The third kappa shape index (κ3) is 6.24. The number of nitrogens with one attached hydrogen (secondary N) is 1. The average molecular weight is 489 g/mol. The molecule has 0 heterocycles. The number of hydrogen-bond acceptors (Lipinski definition) is 7. The normalized spacial score (nSPS) is 11.2. The first-order valence-electron chi connectivity index (χ1n) is 9.77. The third-order valence-corrected chi connectivity index (χ3v) is 5.84. The molecule has 3 rings (SSSR count). The van der Waals surface area contributed by atoms with Crippen LogP contribution >= 0.6 is 11.6 Å². The fourth-order valence-electron chi connectivity index (χ4n) is 2.73. The molecule has 0 saturated carbocycles. The minimum atomic E-state index is -4.01. The van der Waals surface area contributed by atoms with Gasteiger partial charge in [0, 0.05) is 5.56 Å². The Labute approximate surface area is 196 Å². The molecule has 1 N–H and O–H groups in total. The summed E-state index contributed by atoms with van der Waals surface area (Å²) in [6.45, 7) is 2.32. The van der Waals surface area contributed by atoms with Crippen LogP contribution in [0.1, 0.15) is 22.8 Å². The number of hydrazone groups is 1. The molecular formula is C23H21ClN2O6S. The maximum absolute atomic E-state index is 12.4. The molecule has 0 fully saturated rings. The molecule has 3 aromatic rings. The van der Waals surface area contributed by atoms with E-state index in [1.807, 2.05) is 6.92 Å². The molecule has 0 unspecified atom stereocenters. The van der Waals surface area contributed by atoms with Crippen LogP contribution in [0.25, 0.3) is 0 Å². The molecule has 1 amide bonds. The Morgan fingerprint density at radius 1 is 1.03 bits per heavy atom. The molecule has 0 aromatic heterocycles. The van der Waals surface area contributed by atoms with Gasteiger partial charge >= 0.3 is 10.1 Å². The lowest BCUT2D eigenvalue weighted by atomic mass is 10.2. The summed E-state index contributed by atoms with van der Waals surface area (Å²) in [6, 6.07) is 16.9. The van der Waals surface area contributed by atoms with E-state index < -0.39 is 16.0 Å². The maximum Gasteiger partial charge on any atom is 0.339 e. The first-order valence-corrected chi connectivity index (χ1v) is 11.6. The lowest BCUT2D eigenvalue weighted by molar-refractivity contribution is 0.0954. The monoisotopic (exact) mass is 488 g/mol. The van der Waals surface area contributed by atoms with Crippen LogP contribution in [0.4, 0.5) is 0 Å². The quantitative estimate of drug-likeness (QED) is 0.274. The fraction of sp³-hybridized carbons (Fsp3) is 0.130. The molecule has 0 radical (unpaired) electrons. The van der Waals surface area contributed by atoms with E-state index in [0.29, 0.717) is 29.2 Å². The van der Waals surface area contributed by atoms with Gasteiger partial charge in [-0.2, -0.15) is 13.5 Å². The van der Waals surface area contributed by atoms with Crippen LogP contribution in [0.5, 0.6) is 17.2 Å². The van der Waals surface area contributed by atoms with Crippen molar-refractivity contribution >= 4 is 33.8 Å². The Bertz CT molecular complexity index is 1260. The summed E-state index contributed by atoms with van der Waals surface area (Å²) < 4.78 is 40.5. The van der Waals surface area contributed by atoms with Crippen molar-refractivity contribution in [3.63, 3.8) is 0 Å². The number of benzene rings is 3. The Hall–Kier alpha value is -3.56. The summed E-state index contributed by atoms with van der Waals surface area (Å²) in [7, 11) is -2.53. The van der Waals surface area contributed by atoms with Crippen molar-refractivity contribution in [3.05, 3.63) is 82.9 Å². The number of methoxy groups -OCH3 is 1. The van der Waals surface area contributed by atoms with Crippen molar-refractivity contribution in [2.75, 3.05) is 13.7 Å². The second kappa shape index (κ2) is 10.8. The van der Waals surface area contributed by atoms with Crippen LogP contribution in [0.2, 0.25) is 5.02 Å². The summed E-state index contributed by atoms with van der Waals surface area (Å²) >= 11 is 6.17. The summed E-state index contributed by atoms with van der Waals surface area (Å²) in [5, 5.41) is 3.98. The van der Waals surface area contributed by atoms with Crippen molar-refractivity contribution in [1.29, 1.82) is 0 Å². The van der Waals surface area contributed by atoms with Crippen molar-refractivity contribution in [2.24, 2.45) is 5.10 Å². The second-order valence-corrected chi connectivity index (χ2v) is 8.49. The van der Waals surface area contributed by atoms with E-state index in [1.165, 1.54) is 37.6 Å². The molecule has 33 heavy (non-hydrogen) atoms. The lowest BCUT2D eigenvalue weighted by Crippen LogP contribution is -2.17. The molecule has 0 aliphatic carbocycles. The van der Waals surface area contributed by atoms with Crippen LogP contribution in [-0.2, 0) is 10.1 Å². The highest BCUT2D eigenvalue weighted by atomic mass is 35.5. The zero-order valence-corrected chi connectivity index (χ0v) is 19.4. The predicted octanol–water partition coefficient (Wildman–Crippen LogP) is 4.28. The third-order valence-electron chi connectivity index (χ3n) is 4.29. The Balaban J connectivity index is 1.66. The van der Waals surface area contributed by atoms with E-state index in [9.17, 15) is 13.2 Å². The van der Waals surface area contributed by atoms with E-state index in [1.54, 1.807) is 42.5 Å². The van der Waals surface area contributed by atoms with Gasteiger partial charge in [-0.25, -0.2) is 5.43 Å². The maximum atomic E-state index is 12.4. The molecule has 0 bridgehead atoms. The number of nitrogens with zero attached hydrogens (tertiary/aromatic N) is 1. The molecule has 0 saturated heterocycles. The van der Waals surface area contributed by atoms with Gasteiger partial charge in [-0.1, -0.05) is 29.8 Å². The van der Waals surface area contributed by atoms with Gasteiger partial charge < -0.3 is 13.7 Å². The van der Waals surface area contributed by atoms with Crippen LogP contribution < -0.4 is 19.1 Å². The highest BCUT2D eigenvalue weighted by molar-refractivity contribution is 7.87. The molecule has 10 heteroatoms. The predicted molar refractivity (Wildman–Crippen MR) is 125 cm³/mol. The largest absolute Gasteiger partial charge is 0.493 e. The number of halogens is 1. The molecule has 8 nitrogen and oxygen atoms in total. The smallest absolute Gasteiger partial charge is 0.339 e. The average Bonchev–Trinajstić information content (AvgIpc) is 2.81. The molecule has 172 valence electrons. The highest BCUT2D eigenvalue weighted by Gasteiger charge is 2.18. The standard InChI is InChI=1S/C23H21ClN2O6S/c1-3-31-21-12-10-17(14-22(21)30-2)23(27)26-25-15-16-9-11-20(19(24)13-16)32-33(28,29)18-7-5-4-6-8-18/h4-15H,3H2,1-2H3,(H,26,27)/b25-15+. The van der Waals surface area contributed by atoms with Gasteiger partial charge in [0.05, 0.1) is 25.0 Å². The topological polar surface area (TPSA) is 103 Å². The number of amides is 1. The van der Waals surface area contributed by atoms with E-state index >= 15 is 0 Å². The van der Waals surface area contributed by atoms with Gasteiger partial charge in [0.15, 0.2) is 17.2 Å². The van der Waals surface area contributed by atoms with Crippen LogP contribution in [0.15, 0.2) is 76.7 Å². The van der Waals surface area contributed by atoms with Crippen LogP contribution in [0.3, 0.4) is 0 Å². The SMILES string of the molecule is CCOc1ccc(C(=O)N/N=C/c2ccc(OS(=O)(=O)c3ccccc3)c(Cl)c2)cc1OC. The van der Waals surface area contributed by atoms with Crippen molar-refractivity contribution in [1.82, 2.24) is 5.43 Å². The Morgan fingerprint density at radius 3 is 2.42 bits per heavy atom. The zero-order chi connectivity index (χ0) is 23.8. The number of carbonyl (C=O) groups is 1. The number of rotatable bonds is 9. The minimum Gasteiger partial charge on any atom is -0.493 e. The second-order valence-electron chi connectivity index (χ2n) is 6.54. The first kappa shape index (κ1) is 24.1. The number of ether oxygens (including phenoxy) is 2. The molecule has 3 aromatic carbocycles. The minimum absolute atomic E-state index is 0.0142. The van der Waals surface area contributed by atoms with Gasteiger partial charge in [-0.15, -0.1) is 0 Å². The number of carbonyl (C=O) groups excluding carboxylic acids is 1. The van der Waals surface area contributed by atoms with E-state index in [-0.39, 0.29) is 15.7 Å². The van der Waals surface area contributed by atoms with E-state index in [0.717, 1.165) is 0 Å². The Morgan fingerprint density at radius 2 is 1.76 bits per heavy atom. The van der Waals surface area contributed by atoms with Crippen LogP contribution in [0, 0.1) is 0 Å². The van der Waals surface area contributed by atoms with Gasteiger partial charge in [0.25, 0.3) is 5.91 Å². The van der Waals surface area contributed by atoms with Crippen molar-refractivity contribution < 1.29 is 26.9 Å². The molecule has 0 spiro atoms. The molecule has 0 aliphatic rings. The van der Waals surface area contributed by atoms with E-state index in [4.69, 9.17) is 25.3 Å². The van der Waals surface area contributed by atoms with Crippen LogP contribution in [-0.4, -0.2) is 34.3 Å². The van der Waals surface area contributed by atoms with Gasteiger partial charge in [0.1, 0.15) is 4.90 Å². The lowest BCUT2D eigenvalue weighted by Gasteiger charge is -2.10. The summed E-state index contributed by atoms with van der Waals surface area (Å²) in [5.74, 6) is 0.489. The number of hydrogen-bond donors (Lipinski definition) is 1. The first-order chi connectivity index (χ1) is 15.8. The summed E-state index contributed by atoms with van der Waals surface area (Å²) in [6.07, 6.45) is 1.37. The molecular weight excluding hydrogens is 468 g/mol.